The predicted molar refractivity (Wildman–Crippen MR) is 54.2 cm³/mol. The van der Waals surface area contributed by atoms with Crippen LogP contribution in [0.5, 0.6) is 0 Å². The Morgan fingerprint density at radius 3 is 2.27 bits per heavy atom. The molecule has 0 aromatic rings. The highest BCUT2D eigenvalue weighted by Gasteiger charge is 2.37. The first kappa shape index (κ1) is 10.2. The van der Waals surface area contributed by atoms with E-state index in [-0.39, 0.29) is 5.91 Å². The van der Waals surface area contributed by atoms with Crippen LogP contribution in [0.3, 0.4) is 0 Å². The van der Waals surface area contributed by atoms with Crippen molar-refractivity contribution < 1.29 is 14.7 Å². The van der Waals surface area contributed by atoms with Gasteiger partial charge >= 0.3 is 5.97 Å². The number of fused-ring (bicyclic) bond motifs is 1. The van der Waals surface area contributed by atoms with Crippen molar-refractivity contribution in [3.05, 3.63) is 12.2 Å². The van der Waals surface area contributed by atoms with E-state index in [0.717, 1.165) is 25.2 Å². The van der Waals surface area contributed by atoms with Gasteiger partial charge in [-0.2, -0.15) is 0 Å². The van der Waals surface area contributed by atoms with Crippen molar-refractivity contribution >= 4 is 11.9 Å². The Kier molecular flexibility index (Phi) is 2.75. The minimum atomic E-state index is -1.07. The Bertz CT molecular complexity index is 299. The average molecular weight is 209 g/mol. The molecule has 2 unspecified atom stereocenters. The molecular formula is C11H15NO3. The maximum atomic E-state index is 11.6. The highest BCUT2D eigenvalue weighted by Crippen LogP contribution is 2.37. The maximum absolute atomic E-state index is 11.6. The van der Waals surface area contributed by atoms with Gasteiger partial charge in [-0.1, -0.05) is 6.42 Å². The van der Waals surface area contributed by atoms with Gasteiger partial charge in [0.1, 0.15) is 0 Å². The molecule has 1 aliphatic carbocycles. The zero-order valence-corrected chi connectivity index (χ0v) is 8.56. The summed E-state index contributed by atoms with van der Waals surface area (Å²) in [6.45, 7) is 1.63. The van der Waals surface area contributed by atoms with Gasteiger partial charge in [-0.15, -0.1) is 0 Å². The Morgan fingerprint density at radius 1 is 1.13 bits per heavy atom. The highest BCUT2D eigenvalue weighted by molar-refractivity contribution is 5.94. The van der Waals surface area contributed by atoms with Crippen LogP contribution in [0, 0.1) is 11.8 Å². The lowest BCUT2D eigenvalue weighted by Gasteiger charge is -2.14. The Hall–Kier alpha value is -1.32. The number of nitrogens with zero attached hydrogens (tertiary/aromatic N) is 1. The van der Waals surface area contributed by atoms with Crippen LogP contribution in [0.1, 0.15) is 19.3 Å². The minimum absolute atomic E-state index is 0.160. The third-order valence-corrected chi connectivity index (χ3v) is 3.41. The van der Waals surface area contributed by atoms with Crippen molar-refractivity contribution in [1.82, 2.24) is 4.90 Å². The molecule has 4 nitrogen and oxygen atoms in total. The quantitative estimate of drug-likeness (QED) is 0.687. The molecule has 15 heavy (non-hydrogen) atoms. The zero-order chi connectivity index (χ0) is 10.8. The predicted octanol–water partition coefficient (Wildman–Crippen LogP) is 0.886. The normalized spacial score (nSPS) is 29.7. The van der Waals surface area contributed by atoms with Crippen molar-refractivity contribution in [1.29, 1.82) is 0 Å². The minimum Gasteiger partial charge on any atom is -0.478 e. The molecule has 2 atom stereocenters. The van der Waals surface area contributed by atoms with Crippen molar-refractivity contribution in [3.63, 3.8) is 0 Å². The summed E-state index contributed by atoms with van der Waals surface area (Å²) in [5, 5.41) is 8.41. The Balaban J connectivity index is 1.91. The van der Waals surface area contributed by atoms with E-state index in [9.17, 15) is 9.59 Å². The number of carbonyl (C=O) groups excluding carboxylic acids is 1. The molecule has 2 aliphatic rings. The zero-order valence-electron chi connectivity index (χ0n) is 8.56. The molecule has 1 amide bonds. The van der Waals surface area contributed by atoms with E-state index in [1.165, 1.54) is 19.3 Å². The van der Waals surface area contributed by atoms with Gasteiger partial charge in [-0.25, -0.2) is 4.79 Å². The van der Waals surface area contributed by atoms with Crippen LogP contribution < -0.4 is 0 Å². The third kappa shape index (κ3) is 2.19. The maximum Gasteiger partial charge on any atom is 0.328 e. The molecule has 0 aromatic heterocycles. The molecule has 1 saturated heterocycles. The van der Waals surface area contributed by atoms with Gasteiger partial charge in [0, 0.05) is 25.2 Å². The largest absolute Gasteiger partial charge is 0.478 e. The molecule has 0 radical (unpaired) electrons. The SMILES string of the molecule is O=C(O)/C=C/C(=O)N1CC2CCCC2C1. The summed E-state index contributed by atoms with van der Waals surface area (Å²) in [6.07, 6.45) is 5.79. The van der Waals surface area contributed by atoms with Gasteiger partial charge < -0.3 is 10.0 Å². The Labute approximate surface area is 88.6 Å². The fourth-order valence-corrected chi connectivity index (χ4v) is 2.66. The lowest BCUT2D eigenvalue weighted by molar-refractivity contribution is -0.132. The average Bonchev–Trinajstić information content (AvgIpc) is 2.72. The topological polar surface area (TPSA) is 57.6 Å². The van der Waals surface area contributed by atoms with E-state index in [1.54, 1.807) is 4.90 Å². The van der Waals surface area contributed by atoms with E-state index in [2.05, 4.69) is 0 Å². The molecular weight excluding hydrogens is 194 g/mol. The second-order valence-electron chi connectivity index (χ2n) is 4.37. The van der Waals surface area contributed by atoms with Crippen molar-refractivity contribution in [2.24, 2.45) is 11.8 Å². The van der Waals surface area contributed by atoms with E-state index < -0.39 is 5.97 Å². The number of carboxylic acid groups (broad SMARTS) is 1. The number of hydrogen-bond acceptors (Lipinski definition) is 2. The van der Waals surface area contributed by atoms with E-state index >= 15 is 0 Å². The number of likely N-dealkylation sites (tertiary alicyclic amines) is 1. The van der Waals surface area contributed by atoms with Crippen LogP contribution in [-0.2, 0) is 9.59 Å². The first-order chi connectivity index (χ1) is 7.16. The van der Waals surface area contributed by atoms with E-state index in [0.29, 0.717) is 11.8 Å². The first-order valence-corrected chi connectivity index (χ1v) is 5.36. The summed E-state index contributed by atoms with van der Waals surface area (Å²) < 4.78 is 0. The molecule has 2 rings (SSSR count). The molecule has 82 valence electrons. The first-order valence-electron chi connectivity index (χ1n) is 5.36. The van der Waals surface area contributed by atoms with Crippen LogP contribution in [0.2, 0.25) is 0 Å². The number of carboxylic acids is 1. The molecule has 1 aliphatic heterocycles. The van der Waals surface area contributed by atoms with E-state index in [1.807, 2.05) is 0 Å². The molecule has 0 aromatic carbocycles. The van der Waals surface area contributed by atoms with Crippen LogP contribution >= 0.6 is 0 Å². The molecule has 1 saturated carbocycles. The van der Waals surface area contributed by atoms with Crippen molar-refractivity contribution in [2.45, 2.75) is 19.3 Å². The molecule has 2 fully saturated rings. The highest BCUT2D eigenvalue weighted by atomic mass is 16.4. The fraction of sp³-hybridized carbons (Fsp3) is 0.636. The van der Waals surface area contributed by atoms with Gasteiger partial charge in [-0.3, -0.25) is 4.79 Å². The second-order valence-corrected chi connectivity index (χ2v) is 4.37. The molecule has 0 spiro atoms. The monoisotopic (exact) mass is 209 g/mol. The summed E-state index contributed by atoms with van der Waals surface area (Å²) >= 11 is 0. The van der Waals surface area contributed by atoms with Gasteiger partial charge in [0.2, 0.25) is 5.91 Å². The number of amides is 1. The van der Waals surface area contributed by atoms with Gasteiger partial charge in [0.15, 0.2) is 0 Å². The van der Waals surface area contributed by atoms with Crippen LogP contribution in [0.15, 0.2) is 12.2 Å². The van der Waals surface area contributed by atoms with Gasteiger partial charge in [0.05, 0.1) is 0 Å². The van der Waals surface area contributed by atoms with Gasteiger partial charge in [0.25, 0.3) is 0 Å². The molecule has 1 N–H and O–H groups in total. The number of rotatable bonds is 2. The molecule has 1 heterocycles. The number of carbonyl (C=O) groups is 2. The van der Waals surface area contributed by atoms with Crippen molar-refractivity contribution in [3.8, 4) is 0 Å². The van der Waals surface area contributed by atoms with Crippen LogP contribution in [0.4, 0.5) is 0 Å². The summed E-state index contributed by atoms with van der Waals surface area (Å²) in [7, 11) is 0. The third-order valence-electron chi connectivity index (χ3n) is 3.41. The van der Waals surface area contributed by atoms with Crippen LogP contribution in [-0.4, -0.2) is 35.0 Å². The summed E-state index contributed by atoms with van der Waals surface area (Å²) in [4.78, 5) is 23.6. The number of aliphatic carboxylic acids is 1. The summed E-state index contributed by atoms with van der Waals surface area (Å²) in [5.41, 5.74) is 0. The smallest absolute Gasteiger partial charge is 0.328 e. The standard InChI is InChI=1S/C11H15NO3/c13-10(4-5-11(14)15)12-6-8-2-1-3-9(8)7-12/h4-5,8-9H,1-3,6-7H2,(H,14,15)/b5-4+. The lowest BCUT2D eigenvalue weighted by Crippen LogP contribution is -2.27. The summed E-state index contributed by atoms with van der Waals surface area (Å²) in [6, 6.07) is 0. The second kappa shape index (κ2) is 4.04. The number of hydrogen-bond donors (Lipinski definition) is 1. The van der Waals surface area contributed by atoms with E-state index in [4.69, 9.17) is 5.11 Å². The molecule has 4 heteroatoms. The lowest BCUT2D eigenvalue weighted by atomic mass is 10.0. The summed E-state index contributed by atoms with van der Waals surface area (Å²) in [5.74, 6) is 0.0916. The van der Waals surface area contributed by atoms with Crippen molar-refractivity contribution in [2.75, 3.05) is 13.1 Å². The fourth-order valence-electron chi connectivity index (χ4n) is 2.66. The van der Waals surface area contributed by atoms with Crippen LogP contribution in [0.25, 0.3) is 0 Å². The van der Waals surface area contributed by atoms with Gasteiger partial charge in [-0.05, 0) is 24.7 Å². The Morgan fingerprint density at radius 2 is 1.73 bits per heavy atom. The molecule has 0 bridgehead atoms.